The standard InChI is InChI=1S/C35H35N3O4/c1-4-38-28-16-13-21-8-5-6-11-26(21)32(28)35(2,3)30(38)17-14-22-9-7-10-24-18-23-12-15-25(19-29(23)42-33(22)24)37-34(41)27(36)20-31(39)40/h5-6,8,11-19,27H,4,7,9-10,20,36H2,1-3H3,(H,39,40)/p+1/b22-14+,30-17+,37-25?. The lowest BCUT2D eigenvalue weighted by Gasteiger charge is -2.26. The van der Waals surface area contributed by atoms with Gasteiger partial charge in [0.2, 0.25) is 5.36 Å². The van der Waals surface area contributed by atoms with E-state index in [1.807, 2.05) is 6.07 Å². The minimum atomic E-state index is -1.13. The molecule has 6 rings (SSSR count). The van der Waals surface area contributed by atoms with Gasteiger partial charge in [-0.05, 0) is 77.9 Å². The van der Waals surface area contributed by atoms with Gasteiger partial charge in [0.15, 0.2) is 0 Å². The van der Waals surface area contributed by atoms with Gasteiger partial charge >= 0.3 is 11.9 Å². The van der Waals surface area contributed by atoms with Crippen molar-refractivity contribution in [3.05, 3.63) is 101 Å². The van der Waals surface area contributed by atoms with Crippen LogP contribution in [0.1, 0.15) is 56.9 Å². The molecular weight excluding hydrogens is 526 g/mol. The monoisotopic (exact) mass is 562 g/mol. The summed E-state index contributed by atoms with van der Waals surface area (Å²) >= 11 is 0. The number of hydrogen-bond acceptors (Lipinski definition) is 5. The number of nitrogens with zero attached hydrogens (tertiary/aromatic N) is 1. The van der Waals surface area contributed by atoms with Crippen LogP contribution in [0.2, 0.25) is 0 Å². The third-order valence-corrected chi connectivity index (χ3v) is 8.54. The Hall–Kier alpha value is -4.49. The molecular formula is C35H36N3O4+. The van der Waals surface area contributed by atoms with Crippen LogP contribution < -0.4 is 21.0 Å². The van der Waals surface area contributed by atoms with Gasteiger partial charge in [-0.2, -0.15) is 4.99 Å². The average molecular weight is 563 g/mol. The van der Waals surface area contributed by atoms with E-state index in [0.717, 1.165) is 42.7 Å². The third kappa shape index (κ3) is 4.84. The van der Waals surface area contributed by atoms with Crippen LogP contribution in [0.25, 0.3) is 27.7 Å². The highest BCUT2D eigenvalue weighted by Gasteiger charge is 2.40. The van der Waals surface area contributed by atoms with Crippen LogP contribution in [0.5, 0.6) is 0 Å². The van der Waals surface area contributed by atoms with Crippen molar-refractivity contribution >= 4 is 33.9 Å². The molecule has 0 aromatic heterocycles. The normalized spacial score (nSPS) is 19.0. The van der Waals surface area contributed by atoms with Gasteiger partial charge in [0.05, 0.1) is 12.5 Å². The number of carboxylic acid groups (broad SMARTS) is 1. The van der Waals surface area contributed by atoms with Gasteiger partial charge in [0, 0.05) is 35.0 Å². The second-order valence-corrected chi connectivity index (χ2v) is 11.7. The fourth-order valence-corrected chi connectivity index (χ4v) is 6.52. The summed E-state index contributed by atoms with van der Waals surface area (Å²) in [6.45, 7) is 7.69. The second-order valence-electron chi connectivity index (χ2n) is 11.7. The number of aliphatic carboxylic acids is 1. The van der Waals surface area contributed by atoms with Gasteiger partial charge in [-0.25, -0.2) is 4.79 Å². The Kier molecular flexibility index (Phi) is 7.07. The minimum absolute atomic E-state index is 0.171. The van der Waals surface area contributed by atoms with Gasteiger partial charge < -0.3 is 20.2 Å². The highest BCUT2D eigenvalue weighted by molar-refractivity contribution is 5.95. The van der Waals surface area contributed by atoms with Crippen molar-refractivity contribution in [3.63, 3.8) is 0 Å². The zero-order valence-corrected chi connectivity index (χ0v) is 24.2. The topological polar surface area (TPSA) is 111 Å². The van der Waals surface area contributed by atoms with Crippen molar-refractivity contribution in [2.24, 2.45) is 5.73 Å². The van der Waals surface area contributed by atoms with Crippen molar-refractivity contribution in [1.82, 2.24) is 0 Å². The number of hydrogen-bond donors (Lipinski definition) is 3. The Bertz CT molecular complexity index is 1830. The van der Waals surface area contributed by atoms with Crippen LogP contribution in [0.15, 0.2) is 82.9 Å². The molecule has 7 heteroatoms. The van der Waals surface area contributed by atoms with Crippen molar-refractivity contribution in [1.29, 1.82) is 0 Å². The van der Waals surface area contributed by atoms with Crippen LogP contribution in [0, 0.1) is 0 Å². The maximum atomic E-state index is 12.4. The molecule has 214 valence electrons. The average Bonchev–Trinajstić information content (AvgIpc) is 3.20. The molecule has 0 spiro atoms. The van der Waals surface area contributed by atoms with Crippen LogP contribution in [0.4, 0.5) is 5.69 Å². The Balaban J connectivity index is 1.40. The fraction of sp³-hybridized carbons (Fsp3) is 0.286. The number of carbonyl (C=O) groups is 2. The zero-order chi connectivity index (χ0) is 29.6. The third-order valence-electron chi connectivity index (χ3n) is 8.54. The number of carbonyl (C=O) groups excluding carboxylic acids is 1. The molecule has 0 bridgehead atoms. The molecule has 4 N–H and O–H groups in total. The lowest BCUT2D eigenvalue weighted by molar-refractivity contribution is -0.418. The molecule has 0 saturated carbocycles. The van der Waals surface area contributed by atoms with E-state index in [0.29, 0.717) is 11.1 Å². The first-order chi connectivity index (χ1) is 20.2. The van der Waals surface area contributed by atoms with Gasteiger partial charge in [0.1, 0.15) is 17.6 Å². The molecule has 2 aromatic rings. The quantitative estimate of drug-likeness (QED) is 0.335. The molecule has 2 aliphatic heterocycles. The van der Waals surface area contributed by atoms with Crippen LogP contribution in [-0.2, 0) is 21.4 Å². The summed E-state index contributed by atoms with van der Waals surface area (Å²) in [6.07, 6.45) is 6.95. The molecule has 1 amide bonds. The molecule has 0 saturated heterocycles. The number of carboxylic acids is 1. The van der Waals surface area contributed by atoms with Crippen molar-refractivity contribution in [2.75, 3.05) is 11.4 Å². The fourth-order valence-electron chi connectivity index (χ4n) is 6.52. The van der Waals surface area contributed by atoms with Gasteiger partial charge in [0.25, 0.3) is 0 Å². The van der Waals surface area contributed by atoms with Crippen molar-refractivity contribution in [2.45, 2.75) is 57.9 Å². The maximum absolute atomic E-state index is 12.4. The van der Waals surface area contributed by atoms with E-state index in [2.05, 4.69) is 85.3 Å². The Morgan fingerprint density at radius 1 is 1.10 bits per heavy atom. The van der Waals surface area contributed by atoms with E-state index < -0.39 is 24.3 Å². The summed E-state index contributed by atoms with van der Waals surface area (Å²) in [5, 5.41) is 12.0. The highest BCUT2D eigenvalue weighted by Crippen LogP contribution is 2.50. The lowest BCUT2D eigenvalue weighted by Crippen LogP contribution is -2.84. The number of fused-ring (bicyclic) bond motifs is 5. The molecule has 1 unspecified atom stereocenters. The number of amides is 1. The second kappa shape index (κ2) is 10.7. The predicted octanol–water partition coefficient (Wildman–Crippen LogP) is 4.27. The van der Waals surface area contributed by atoms with Gasteiger partial charge in [-0.1, -0.05) is 50.3 Å². The number of nitrogens with two attached hydrogens (primary N) is 1. The smallest absolute Gasteiger partial charge is 0.403 e. The maximum Gasteiger partial charge on any atom is 0.403 e. The summed E-state index contributed by atoms with van der Waals surface area (Å²) in [7, 11) is 0. The largest absolute Gasteiger partial charge is 0.481 e. The summed E-state index contributed by atoms with van der Waals surface area (Å²) in [5.74, 6) is -0.143. The van der Waals surface area contributed by atoms with E-state index in [4.69, 9.17) is 15.3 Å². The number of likely N-dealkylation sites (N-methyl/N-ethyl adjacent to an activating group) is 1. The Morgan fingerprint density at radius 2 is 1.90 bits per heavy atom. The van der Waals surface area contributed by atoms with Crippen LogP contribution in [0.3, 0.4) is 0 Å². The van der Waals surface area contributed by atoms with Crippen LogP contribution in [-0.4, -0.2) is 29.6 Å². The summed E-state index contributed by atoms with van der Waals surface area (Å²) in [4.78, 5) is 28.5. The Morgan fingerprint density at radius 3 is 2.69 bits per heavy atom. The molecule has 2 aromatic carbocycles. The molecule has 1 atom stereocenters. The van der Waals surface area contributed by atoms with E-state index in [9.17, 15) is 9.59 Å². The molecule has 2 heterocycles. The molecule has 4 aliphatic rings. The van der Waals surface area contributed by atoms with Crippen LogP contribution >= 0.6 is 0 Å². The van der Waals surface area contributed by atoms with Gasteiger partial charge in [-0.3, -0.25) is 4.79 Å². The number of anilines is 1. The number of aryl methyl sites for hydroxylation is 1. The first-order valence-corrected chi connectivity index (χ1v) is 14.6. The summed E-state index contributed by atoms with van der Waals surface area (Å²) in [6, 6.07) is 19.6. The lowest BCUT2D eigenvalue weighted by atomic mass is 9.81. The summed E-state index contributed by atoms with van der Waals surface area (Å²) < 4.78 is 6.50. The number of allylic oxidation sites excluding steroid dienone is 4. The number of benzene rings is 3. The van der Waals surface area contributed by atoms with Crippen molar-refractivity contribution in [3.8, 4) is 11.3 Å². The Labute approximate surface area is 245 Å². The number of rotatable bonds is 5. The molecule has 7 nitrogen and oxygen atoms in total. The molecule has 0 radical (unpaired) electrons. The predicted molar refractivity (Wildman–Crippen MR) is 164 cm³/mol. The van der Waals surface area contributed by atoms with E-state index in [1.165, 1.54) is 33.3 Å². The zero-order valence-electron chi connectivity index (χ0n) is 24.2. The molecule has 42 heavy (non-hydrogen) atoms. The summed E-state index contributed by atoms with van der Waals surface area (Å²) in [5.41, 5.74) is 12.7. The first kappa shape index (κ1) is 27.7. The number of nitrogens with one attached hydrogen (secondary N) is 1. The molecule has 0 fully saturated rings. The van der Waals surface area contributed by atoms with E-state index in [1.54, 1.807) is 12.1 Å². The first-order valence-electron chi connectivity index (χ1n) is 14.6. The SMILES string of the molecule is CCN1/C(=C/C=C2\CCCc3cc4ccc(=[NH+]C(=O)C(N)CC(=O)O)cc-4oc32)C(C)(C)c2c1ccc1ccccc21. The van der Waals surface area contributed by atoms with E-state index in [-0.39, 0.29) is 5.41 Å². The minimum Gasteiger partial charge on any atom is -0.481 e. The molecule has 2 aliphatic carbocycles. The van der Waals surface area contributed by atoms with Gasteiger partial charge in [-0.15, -0.1) is 0 Å². The van der Waals surface area contributed by atoms with Crippen molar-refractivity contribution < 1.29 is 24.1 Å². The van der Waals surface area contributed by atoms with E-state index >= 15 is 0 Å². The highest BCUT2D eigenvalue weighted by atomic mass is 16.4.